The van der Waals surface area contributed by atoms with E-state index in [9.17, 15) is 0 Å². The van der Waals surface area contributed by atoms with Crippen molar-refractivity contribution < 1.29 is 4.74 Å². The lowest BCUT2D eigenvalue weighted by molar-refractivity contribution is 0.188. The fourth-order valence-corrected chi connectivity index (χ4v) is 2.55. The van der Waals surface area contributed by atoms with Gasteiger partial charge in [-0.05, 0) is 31.2 Å². The van der Waals surface area contributed by atoms with Crippen LogP contribution in [0.25, 0.3) is 0 Å². The molecule has 0 saturated carbocycles. The van der Waals surface area contributed by atoms with Crippen molar-refractivity contribution in [2.24, 2.45) is 5.41 Å². The standard InChI is InChI=1S/C15H26N4O/c1-4-8-20-14-9-13(18-11-19-14)17-10-12-15(2,3)6-5-7-16-12/h9,11-12,16H,4-8,10H2,1-3H3,(H,17,18,19). The van der Waals surface area contributed by atoms with Crippen molar-refractivity contribution >= 4 is 5.82 Å². The molecular formula is C15H26N4O. The first kappa shape index (κ1) is 15.0. The smallest absolute Gasteiger partial charge is 0.218 e. The topological polar surface area (TPSA) is 59.1 Å². The maximum atomic E-state index is 5.52. The van der Waals surface area contributed by atoms with Crippen LogP contribution in [0.1, 0.15) is 40.0 Å². The number of aromatic nitrogens is 2. The molecule has 1 aromatic heterocycles. The first-order valence-corrected chi connectivity index (χ1v) is 7.54. The van der Waals surface area contributed by atoms with E-state index in [0.717, 1.165) is 25.3 Å². The maximum Gasteiger partial charge on any atom is 0.218 e. The number of hydrogen-bond donors (Lipinski definition) is 2. The van der Waals surface area contributed by atoms with Gasteiger partial charge in [0.25, 0.3) is 0 Å². The molecule has 1 unspecified atom stereocenters. The Balaban J connectivity index is 1.89. The summed E-state index contributed by atoms with van der Waals surface area (Å²) in [7, 11) is 0. The van der Waals surface area contributed by atoms with Gasteiger partial charge in [0, 0.05) is 18.7 Å². The van der Waals surface area contributed by atoms with Gasteiger partial charge in [0.05, 0.1) is 6.61 Å². The van der Waals surface area contributed by atoms with E-state index < -0.39 is 0 Å². The Morgan fingerprint density at radius 1 is 1.45 bits per heavy atom. The summed E-state index contributed by atoms with van der Waals surface area (Å²) < 4.78 is 5.52. The Bertz CT molecular complexity index is 422. The van der Waals surface area contributed by atoms with E-state index in [1.54, 1.807) is 6.33 Å². The molecule has 0 aromatic carbocycles. The second kappa shape index (κ2) is 6.88. The van der Waals surface area contributed by atoms with Gasteiger partial charge in [-0.3, -0.25) is 0 Å². The molecule has 1 saturated heterocycles. The first-order valence-electron chi connectivity index (χ1n) is 7.54. The number of hydrogen-bond acceptors (Lipinski definition) is 5. The largest absolute Gasteiger partial charge is 0.478 e. The highest BCUT2D eigenvalue weighted by molar-refractivity contribution is 5.37. The Hall–Kier alpha value is -1.36. The monoisotopic (exact) mass is 278 g/mol. The molecule has 2 N–H and O–H groups in total. The number of ether oxygens (including phenoxy) is 1. The fourth-order valence-electron chi connectivity index (χ4n) is 2.55. The molecule has 0 aliphatic carbocycles. The van der Waals surface area contributed by atoms with Gasteiger partial charge in [-0.25, -0.2) is 9.97 Å². The van der Waals surface area contributed by atoms with Crippen molar-refractivity contribution in [1.82, 2.24) is 15.3 Å². The van der Waals surface area contributed by atoms with E-state index in [2.05, 4.69) is 41.4 Å². The Labute approximate surface area is 121 Å². The normalized spacial score (nSPS) is 21.4. The maximum absolute atomic E-state index is 5.52. The van der Waals surface area contributed by atoms with Crippen LogP contribution in [-0.2, 0) is 0 Å². The summed E-state index contributed by atoms with van der Waals surface area (Å²) in [5.74, 6) is 1.47. The van der Waals surface area contributed by atoms with Gasteiger partial charge in [0.15, 0.2) is 0 Å². The molecule has 5 heteroatoms. The van der Waals surface area contributed by atoms with Crippen LogP contribution in [0.2, 0.25) is 0 Å². The van der Waals surface area contributed by atoms with Gasteiger partial charge in [-0.1, -0.05) is 20.8 Å². The summed E-state index contributed by atoms with van der Waals surface area (Å²) in [4.78, 5) is 8.36. The summed E-state index contributed by atoms with van der Waals surface area (Å²) in [5, 5.41) is 6.98. The number of rotatable bonds is 6. The average Bonchev–Trinajstić information content (AvgIpc) is 2.44. The summed E-state index contributed by atoms with van der Waals surface area (Å²) >= 11 is 0. The molecule has 2 heterocycles. The van der Waals surface area contributed by atoms with Gasteiger partial charge in [0.1, 0.15) is 12.1 Å². The van der Waals surface area contributed by atoms with Gasteiger partial charge < -0.3 is 15.4 Å². The third-order valence-electron chi connectivity index (χ3n) is 3.92. The van der Waals surface area contributed by atoms with E-state index >= 15 is 0 Å². The van der Waals surface area contributed by atoms with Crippen molar-refractivity contribution in [3.63, 3.8) is 0 Å². The molecule has 0 bridgehead atoms. The number of nitrogens with one attached hydrogen (secondary N) is 2. The summed E-state index contributed by atoms with van der Waals surface area (Å²) in [6, 6.07) is 2.33. The van der Waals surface area contributed by atoms with Crippen molar-refractivity contribution in [2.45, 2.75) is 46.1 Å². The zero-order valence-electron chi connectivity index (χ0n) is 12.8. The molecule has 20 heavy (non-hydrogen) atoms. The van der Waals surface area contributed by atoms with Crippen LogP contribution < -0.4 is 15.4 Å². The Morgan fingerprint density at radius 3 is 3.05 bits per heavy atom. The summed E-state index contributed by atoms with van der Waals surface area (Å²) in [6.45, 7) is 9.38. The third kappa shape index (κ3) is 4.07. The third-order valence-corrected chi connectivity index (χ3v) is 3.92. The van der Waals surface area contributed by atoms with Gasteiger partial charge in [0.2, 0.25) is 5.88 Å². The molecule has 0 radical (unpaired) electrons. The van der Waals surface area contributed by atoms with E-state index in [4.69, 9.17) is 4.74 Å². The lowest BCUT2D eigenvalue weighted by Gasteiger charge is -2.39. The Kier molecular flexibility index (Phi) is 5.17. The van der Waals surface area contributed by atoms with Gasteiger partial charge in [-0.15, -0.1) is 0 Å². The average molecular weight is 278 g/mol. The molecule has 1 atom stereocenters. The molecule has 2 rings (SSSR count). The van der Waals surface area contributed by atoms with Crippen molar-refractivity contribution in [3.8, 4) is 5.88 Å². The van der Waals surface area contributed by atoms with Crippen molar-refractivity contribution in [1.29, 1.82) is 0 Å². The van der Waals surface area contributed by atoms with Crippen molar-refractivity contribution in [2.75, 3.05) is 25.0 Å². The zero-order valence-corrected chi connectivity index (χ0v) is 12.8. The highest BCUT2D eigenvalue weighted by Crippen LogP contribution is 2.30. The van der Waals surface area contributed by atoms with E-state index in [0.29, 0.717) is 23.9 Å². The molecule has 1 aromatic rings. The molecule has 1 aliphatic heterocycles. The Morgan fingerprint density at radius 2 is 2.30 bits per heavy atom. The van der Waals surface area contributed by atoms with Crippen LogP contribution in [-0.4, -0.2) is 35.7 Å². The van der Waals surface area contributed by atoms with Crippen LogP contribution in [0.3, 0.4) is 0 Å². The number of anilines is 1. The highest BCUT2D eigenvalue weighted by atomic mass is 16.5. The lowest BCUT2D eigenvalue weighted by atomic mass is 9.77. The van der Waals surface area contributed by atoms with E-state index in [1.807, 2.05) is 6.07 Å². The molecule has 112 valence electrons. The quantitative estimate of drug-likeness (QED) is 0.837. The van der Waals surface area contributed by atoms with Crippen LogP contribution in [0.15, 0.2) is 12.4 Å². The van der Waals surface area contributed by atoms with Gasteiger partial charge in [-0.2, -0.15) is 0 Å². The molecule has 1 aliphatic rings. The van der Waals surface area contributed by atoms with Crippen LogP contribution >= 0.6 is 0 Å². The van der Waals surface area contributed by atoms with Gasteiger partial charge >= 0.3 is 0 Å². The molecule has 1 fully saturated rings. The van der Waals surface area contributed by atoms with Crippen LogP contribution in [0.4, 0.5) is 5.82 Å². The molecule has 5 nitrogen and oxygen atoms in total. The van der Waals surface area contributed by atoms with Crippen molar-refractivity contribution in [3.05, 3.63) is 12.4 Å². The predicted molar refractivity (Wildman–Crippen MR) is 81.1 cm³/mol. The van der Waals surface area contributed by atoms with Crippen LogP contribution in [0, 0.1) is 5.41 Å². The minimum Gasteiger partial charge on any atom is -0.478 e. The molecular weight excluding hydrogens is 252 g/mol. The summed E-state index contributed by atoms with van der Waals surface area (Å²) in [5.41, 5.74) is 0.319. The zero-order chi connectivity index (χ0) is 14.4. The van der Waals surface area contributed by atoms with E-state index in [-0.39, 0.29) is 0 Å². The van der Waals surface area contributed by atoms with E-state index in [1.165, 1.54) is 12.8 Å². The predicted octanol–water partition coefficient (Wildman–Crippen LogP) is 2.46. The second-order valence-corrected chi connectivity index (χ2v) is 6.07. The molecule has 0 spiro atoms. The van der Waals surface area contributed by atoms with Crippen LogP contribution in [0.5, 0.6) is 5.88 Å². The molecule has 0 amide bonds. The highest BCUT2D eigenvalue weighted by Gasteiger charge is 2.31. The fraction of sp³-hybridized carbons (Fsp3) is 0.733. The number of piperidine rings is 1. The summed E-state index contributed by atoms with van der Waals surface area (Å²) in [6.07, 6.45) is 5.05. The SMILES string of the molecule is CCCOc1cc(NCC2NCCCC2(C)C)ncn1. The number of nitrogens with zero attached hydrogens (tertiary/aromatic N) is 2. The second-order valence-electron chi connectivity index (χ2n) is 6.07. The minimum absolute atomic E-state index is 0.319. The minimum atomic E-state index is 0.319. The first-order chi connectivity index (χ1) is 9.62. The lowest BCUT2D eigenvalue weighted by Crippen LogP contribution is -2.50.